The monoisotopic (exact) mass is 306 g/mol. The highest BCUT2D eigenvalue weighted by atomic mass is 35.5. The van der Waals surface area contributed by atoms with Crippen LogP contribution in [0.25, 0.3) is 0 Å². The van der Waals surface area contributed by atoms with Gasteiger partial charge in [0, 0.05) is 12.6 Å². The van der Waals surface area contributed by atoms with Crippen LogP contribution in [0.1, 0.15) is 53.9 Å². The molecule has 0 radical (unpaired) electrons. The molecule has 3 nitrogen and oxygen atoms in total. The fourth-order valence-electron chi connectivity index (χ4n) is 2.97. The maximum absolute atomic E-state index is 9.93. The molecule has 1 aliphatic rings. The molecule has 122 valence electrons. The quantitative estimate of drug-likeness (QED) is 0.686. The number of hydrogen-bond acceptors (Lipinski definition) is 3. The van der Waals surface area contributed by atoms with E-state index in [2.05, 4.69) is 39.9 Å². The summed E-state index contributed by atoms with van der Waals surface area (Å²) in [6.07, 6.45) is 3.67. The van der Waals surface area contributed by atoms with Crippen molar-refractivity contribution in [3.05, 3.63) is 0 Å². The topological polar surface area (TPSA) is 41.5 Å². The minimum atomic E-state index is -0.396. The zero-order valence-corrected chi connectivity index (χ0v) is 14.5. The lowest BCUT2D eigenvalue weighted by Gasteiger charge is -2.37. The second-order valence-electron chi connectivity index (χ2n) is 6.91. The Morgan fingerprint density at radius 1 is 1.20 bits per heavy atom. The number of hydrogen-bond donors (Lipinski definition) is 2. The van der Waals surface area contributed by atoms with Crippen LogP contribution in [0.15, 0.2) is 0 Å². The first kappa shape index (κ1) is 20.2. The summed E-state index contributed by atoms with van der Waals surface area (Å²) in [6, 6.07) is 0.410. The van der Waals surface area contributed by atoms with Gasteiger partial charge in [-0.05, 0) is 30.6 Å². The highest BCUT2D eigenvalue weighted by Gasteiger charge is 2.31. The van der Waals surface area contributed by atoms with Crippen LogP contribution < -0.4 is 17.7 Å². The molecule has 0 aliphatic heterocycles. The van der Waals surface area contributed by atoms with Gasteiger partial charge < -0.3 is 27.6 Å². The molecular formula is C16H33ClNO2-. The summed E-state index contributed by atoms with van der Waals surface area (Å²) in [5.74, 6) is 2.08. The van der Waals surface area contributed by atoms with E-state index in [1.807, 2.05) is 0 Å². The van der Waals surface area contributed by atoms with Crippen molar-refractivity contribution in [3.8, 4) is 0 Å². The zero-order valence-electron chi connectivity index (χ0n) is 13.7. The molecule has 1 aliphatic carbocycles. The van der Waals surface area contributed by atoms with Crippen molar-refractivity contribution in [3.63, 3.8) is 0 Å². The molecular weight excluding hydrogens is 274 g/mol. The molecule has 4 unspecified atom stereocenters. The first-order valence-corrected chi connectivity index (χ1v) is 7.93. The van der Waals surface area contributed by atoms with Crippen LogP contribution in [0.2, 0.25) is 0 Å². The number of ether oxygens (including phenoxy) is 1. The third kappa shape index (κ3) is 7.26. The van der Waals surface area contributed by atoms with E-state index in [4.69, 9.17) is 4.74 Å². The van der Waals surface area contributed by atoms with Gasteiger partial charge in [-0.15, -0.1) is 0 Å². The first-order chi connectivity index (χ1) is 8.90. The van der Waals surface area contributed by atoms with Gasteiger partial charge in [0.25, 0.3) is 0 Å². The second kappa shape index (κ2) is 9.99. The second-order valence-corrected chi connectivity index (χ2v) is 6.91. The summed E-state index contributed by atoms with van der Waals surface area (Å²) < 4.78 is 6.03. The molecule has 1 fully saturated rings. The predicted octanol–water partition coefficient (Wildman–Crippen LogP) is -0.173. The van der Waals surface area contributed by atoms with Crippen molar-refractivity contribution in [1.29, 1.82) is 0 Å². The minimum absolute atomic E-state index is 0. The summed E-state index contributed by atoms with van der Waals surface area (Å²) in [5, 5.41) is 13.2. The lowest BCUT2D eigenvalue weighted by Crippen LogP contribution is -3.00. The number of aliphatic hydroxyl groups excluding tert-OH is 1. The van der Waals surface area contributed by atoms with Gasteiger partial charge >= 0.3 is 0 Å². The Morgan fingerprint density at radius 3 is 2.40 bits per heavy atom. The lowest BCUT2D eigenvalue weighted by atomic mass is 9.75. The minimum Gasteiger partial charge on any atom is -1.00 e. The van der Waals surface area contributed by atoms with Gasteiger partial charge in [0.05, 0.1) is 18.8 Å². The van der Waals surface area contributed by atoms with E-state index in [1.54, 1.807) is 0 Å². The van der Waals surface area contributed by atoms with Crippen molar-refractivity contribution in [2.45, 2.75) is 72.1 Å². The molecule has 1 rings (SSSR count). The van der Waals surface area contributed by atoms with Crippen LogP contribution in [0.5, 0.6) is 0 Å². The smallest absolute Gasteiger partial charge is 0.0897 e. The normalized spacial score (nSPS) is 28.5. The number of halogens is 1. The van der Waals surface area contributed by atoms with E-state index in [0.29, 0.717) is 37.1 Å². The van der Waals surface area contributed by atoms with Crippen molar-refractivity contribution >= 4 is 0 Å². The SMILES string of the molecule is CC1CCC(C(C)C)C(OCC(O)CNC(C)C)C1.[Cl-]. The Morgan fingerprint density at radius 2 is 1.85 bits per heavy atom. The standard InChI is InChI=1S/C16H33NO2.ClH/c1-11(2)15-7-6-13(5)8-16(15)19-10-14(18)9-17-12(3)4;/h11-18H,6-10H2,1-5H3;1H/p-1. The predicted molar refractivity (Wildman–Crippen MR) is 80.2 cm³/mol. The molecule has 0 heterocycles. The third-order valence-electron chi connectivity index (χ3n) is 4.23. The van der Waals surface area contributed by atoms with Crippen molar-refractivity contribution in [2.75, 3.05) is 13.2 Å². The highest BCUT2D eigenvalue weighted by Crippen LogP contribution is 2.35. The summed E-state index contributed by atoms with van der Waals surface area (Å²) in [4.78, 5) is 0. The highest BCUT2D eigenvalue weighted by molar-refractivity contribution is 4.81. The fourth-order valence-corrected chi connectivity index (χ4v) is 2.97. The molecule has 2 N–H and O–H groups in total. The van der Waals surface area contributed by atoms with Crippen molar-refractivity contribution < 1.29 is 22.3 Å². The van der Waals surface area contributed by atoms with Crippen LogP contribution >= 0.6 is 0 Å². The third-order valence-corrected chi connectivity index (χ3v) is 4.23. The Kier molecular flexibility index (Phi) is 10.1. The van der Waals surface area contributed by atoms with E-state index in [1.165, 1.54) is 12.8 Å². The molecule has 0 bridgehead atoms. The van der Waals surface area contributed by atoms with Gasteiger partial charge in [0.1, 0.15) is 0 Å². The van der Waals surface area contributed by atoms with Crippen LogP contribution in [0.3, 0.4) is 0 Å². The Bertz CT molecular complexity index is 249. The van der Waals surface area contributed by atoms with Gasteiger partial charge in [-0.2, -0.15) is 0 Å². The van der Waals surface area contributed by atoms with Crippen LogP contribution in [0.4, 0.5) is 0 Å². The summed E-state index contributed by atoms with van der Waals surface area (Å²) >= 11 is 0. The molecule has 4 heteroatoms. The summed E-state index contributed by atoms with van der Waals surface area (Å²) in [7, 11) is 0. The lowest BCUT2D eigenvalue weighted by molar-refractivity contribution is -0.0684. The molecule has 1 saturated carbocycles. The van der Waals surface area contributed by atoms with Crippen LogP contribution in [-0.2, 0) is 4.74 Å². The molecule has 0 aromatic heterocycles. The van der Waals surface area contributed by atoms with Crippen molar-refractivity contribution in [2.24, 2.45) is 17.8 Å². The van der Waals surface area contributed by atoms with Gasteiger partial charge in [-0.3, -0.25) is 0 Å². The largest absolute Gasteiger partial charge is 1.00 e. The maximum atomic E-state index is 9.93. The molecule has 0 aromatic rings. The van der Waals surface area contributed by atoms with Crippen LogP contribution in [0, 0.1) is 17.8 Å². The molecule has 0 amide bonds. The van der Waals surface area contributed by atoms with E-state index >= 15 is 0 Å². The first-order valence-electron chi connectivity index (χ1n) is 7.93. The van der Waals surface area contributed by atoms with Gasteiger partial charge in [0.15, 0.2) is 0 Å². The molecule has 4 atom stereocenters. The van der Waals surface area contributed by atoms with E-state index in [0.717, 1.165) is 12.3 Å². The van der Waals surface area contributed by atoms with Crippen LogP contribution in [-0.4, -0.2) is 36.5 Å². The van der Waals surface area contributed by atoms with Gasteiger partial charge in [-0.25, -0.2) is 0 Å². The average molecular weight is 307 g/mol. The van der Waals surface area contributed by atoms with E-state index < -0.39 is 6.10 Å². The number of nitrogens with one attached hydrogen (secondary N) is 1. The summed E-state index contributed by atoms with van der Waals surface area (Å²) in [5.41, 5.74) is 0. The number of aliphatic hydroxyl groups is 1. The molecule has 0 saturated heterocycles. The van der Waals surface area contributed by atoms with Gasteiger partial charge in [0.2, 0.25) is 0 Å². The average Bonchev–Trinajstić information content (AvgIpc) is 2.33. The maximum Gasteiger partial charge on any atom is 0.0897 e. The Hall–Kier alpha value is 0.170. The summed E-state index contributed by atoms with van der Waals surface area (Å²) in [6.45, 7) is 12.1. The van der Waals surface area contributed by atoms with Gasteiger partial charge in [-0.1, -0.05) is 41.0 Å². The molecule has 20 heavy (non-hydrogen) atoms. The van der Waals surface area contributed by atoms with E-state index in [-0.39, 0.29) is 12.4 Å². The Balaban J connectivity index is 0.00000361. The number of rotatable bonds is 7. The fraction of sp³-hybridized carbons (Fsp3) is 1.00. The molecule has 0 aromatic carbocycles. The van der Waals surface area contributed by atoms with Crippen molar-refractivity contribution in [1.82, 2.24) is 5.32 Å². The molecule has 0 spiro atoms. The zero-order chi connectivity index (χ0) is 14.4. The Labute approximate surface area is 131 Å². The van der Waals surface area contributed by atoms with E-state index in [9.17, 15) is 5.11 Å².